The molecule has 7 nitrogen and oxygen atoms in total. The molecule has 0 fully saturated rings. The fourth-order valence-electron chi connectivity index (χ4n) is 2.16. The van der Waals surface area contributed by atoms with Crippen LogP contribution in [0.5, 0.6) is 0 Å². The van der Waals surface area contributed by atoms with Crippen molar-refractivity contribution in [1.82, 2.24) is 20.2 Å². The molecule has 23 heavy (non-hydrogen) atoms. The van der Waals surface area contributed by atoms with Gasteiger partial charge < -0.3 is 0 Å². The zero-order chi connectivity index (χ0) is 16.4. The van der Waals surface area contributed by atoms with Crippen molar-refractivity contribution >= 4 is 17.3 Å². The number of rotatable bonds is 4. The molecule has 2 aromatic carbocycles. The average molecular weight is 334 g/mol. The third kappa shape index (κ3) is 2.88. The molecule has 116 valence electrons. The van der Waals surface area contributed by atoms with Gasteiger partial charge in [-0.3, -0.25) is 10.1 Å². The van der Waals surface area contributed by atoms with Gasteiger partial charge in [-0.1, -0.05) is 29.8 Å². The normalized spacial score (nSPS) is 10.7. The Bertz CT molecular complexity index is 863. The van der Waals surface area contributed by atoms with E-state index in [0.29, 0.717) is 0 Å². The zero-order valence-corrected chi connectivity index (χ0v) is 12.3. The molecule has 0 saturated heterocycles. The van der Waals surface area contributed by atoms with Crippen molar-refractivity contribution in [3.05, 3.63) is 69.0 Å². The summed E-state index contributed by atoms with van der Waals surface area (Å²) in [7, 11) is 0. The first-order valence-corrected chi connectivity index (χ1v) is 6.88. The molecule has 1 aromatic heterocycles. The van der Waals surface area contributed by atoms with Gasteiger partial charge in [0.25, 0.3) is 5.69 Å². The summed E-state index contributed by atoms with van der Waals surface area (Å²) in [6.45, 7) is -0.0418. The monoisotopic (exact) mass is 333 g/mol. The average Bonchev–Trinajstić information content (AvgIpc) is 2.99. The van der Waals surface area contributed by atoms with Crippen molar-refractivity contribution in [2.24, 2.45) is 0 Å². The third-order valence-corrected chi connectivity index (χ3v) is 3.60. The van der Waals surface area contributed by atoms with E-state index in [2.05, 4.69) is 15.5 Å². The molecule has 0 radical (unpaired) electrons. The van der Waals surface area contributed by atoms with Crippen LogP contribution in [-0.4, -0.2) is 25.1 Å². The summed E-state index contributed by atoms with van der Waals surface area (Å²) < 4.78 is 15.2. The maximum absolute atomic E-state index is 13.9. The van der Waals surface area contributed by atoms with Gasteiger partial charge in [-0.15, -0.1) is 5.10 Å². The summed E-state index contributed by atoms with van der Waals surface area (Å²) in [5, 5.41) is 22.5. The number of nitro benzene ring substituents is 1. The van der Waals surface area contributed by atoms with E-state index in [1.807, 2.05) is 0 Å². The quantitative estimate of drug-likeness (QED) is 0.541. The minimum absolute atomic E-state index is 0.0418. The van der Waals surface area contributed by atoms with Gasteiger partial charge >= 0.3 is 0 Å². The summed E-state index contributed by atoms with van der Waals surface area (Å²) in [6, 6.07) is 10.4. The molecule has 0 saturated carbocycles. The molecule has 0 aliphatic carbocycles. The first-order chi connectivity index (χ1) is 11.1. The van der Waals surface area contributed by atoms with Crippen LogP contribution in [0.4, 0.5) is 10.1 Å². The van der Waals surface area contributed by atoms with Crippen LogP contribution in [0.2, 0.25) is 5.02 Å². The number of aromatic nitrogens is 4. The number of para-hydroxylation sites is 1. The molecule has 3 rings (SSSR count). The van der Waals surface area contributed by atoms with Gasteiger partial charge in [0.1, 0.15) is 5.82 Å². The summed E-state index contributed by atoms with van der Waals surface area (Å²) >= 11 is 6.00. The van der Waals surface area contributed by atoms with E-state index in [1.54, 1.807) is 18.2 Å². The number of nitrogens with zero attached hydrogens (tertiary/aromatic N) is 5. The Morgan fingerprint density at radius 3 is 2.74 bits per heavy atom. The summed E-state index contributed by atoms with van der Waals surface area (Å²) in [5.74, 6) is -0.335. The highest BCUT2D eigenvalue weighted by atomic mass is 35.5. The number of benzene rings is 2. The molecule has 1 heterocycles. The number of halogens is 2. The maximum Gasteiger partial charge on any atom is 0.280 e. The summed E-state index contributed by atoms with van der Waals surface area (Å²) in [5.41, 5.74) is 0.319. The fourth-order valence-corrected chi connectivity index (χ4v) is 2.38. The smallest absolute Gasteiger partial charge is 0.258 e. The van der Waals surface area contributed by atoms with Crippen LogP contribution in [0.15, 0.2) is 42.5 Å². The lowest BCUT2D eigenvalue weighted by molar-refractivity contribution is -0.384. The second kappa shape index (κ2) is 6.09. The van der Waals surface area contributed by atoms with Crippen LogP contribution < -0.4 is 0 Å². The standard InChI is InChI=1S/C14H9ClFN5O2/c15-11-5-3-6-12(16)10(11)8-20-14(17-18-19-20)9-4-1-2-7-13(9)21(22)23/h1-7H,8H2. The van der Waals surface area contributed by atoms with Crippen molar-refractivity contribution < 1.29 is 9.31 Å². The van der Waals surface area contributed by atoms with Gasteiger partial charge in [0.2, 0.25) is 0 Å². The van der Waals surface area contributed by atoms with E-state index in [4.69, 9.17) is 11.6 Å². The van der Waals surface area contributed by atoms with Gasteiger partial charge in [-0.2, -0.15) is 0 Å². The topological polar surface area (TPSA) is 86.7 Å². The van der Waals surface area contributed by atoms with Gasteiger partial charge in [-0.05, 0) is 28.6 Å². The number of nitro groups is 1. The van der Waals surface area contributed by atoms with Gasteiger partial charge in [0, 0.05) is 16.7 Å². The van der Waals surface area contributed by atoms with Crippen molar-refractivity contribution in [3.63, 3.8) is 0 Å². The molecule has 0 spiro atoms. The Morgan fingerprint density at radius 1 is 1.22 bits per heavy atom. The van der Waals surface area contributed by atoms with E-state index >= 15 is 0 Å². The lowest BCUT2D eigenvalue weighted by Crippen LogP contribution is -2.07. The first kappa shape index (κ1) is 15.0. The Labute approximate surface area is 134 Å². The van der Waals surface area contributed by atoms with Crippen molar-refractivity contribution in [2.45, 2.75) is 6.54 Å². The Hall–Kier alpha value is -2.87. The van der Waals surface area contributed by atoms with E-state index < -0.39 is 10.7 Å². The number of hydrogen-bond donors (Lipinski definition) is 0. The molecular weight excluding hydrogens is 325 g/mol. The lowest BCUT2D eigenvalue weighted by atomic mass is 10.1. The number of hydrogen-bond acceptors (Lipinski definition) is 5. The van der Waals surface area contributed by atoms with Crippen molar-refractivity contribution in [1.29, 1.82) is 0 Å². The molecule has 3 aromatic rings. The highest BCUT2D eigenvalue weighted by Gasteiger charge is 2.21. The molecule has 0 aliphatic rings. The third-order valence-electron chi connectivity index (χ3n) is 3.24. The molecule has 0 N–H and O–H groups in total. The maximum atomic E-state index is 13.9. The van der Waals surface area contributed by atoms with Gasteiger partial charge in [0.05, 0.1) is 17.0 Å². The van der Waals surface area contributed by atoms with Crippen LogP contribution in [0, 0.1) is 15.9 Å². The highest BCUT2D eigenvalue weighted by Crippen LogP contribution is 2.28. The predicted octanol–water partition coefficient (Wildman–Crippen LogP) is 3.09. The molecule has 0 aliphatic heterocycles. The molecule has 0 bridgehead atoms. The number of tetrazole rings is 1. The Balaban J connectivity index is 2.06. The van der Waals surface area contributed by atoms with Crippen molar-refractivity contribution in [2.75, 3.05) is 0 Å². The summed E-state index contributed by atoms with van der Waals surface area (Å²) in [6.07, 6.45) is 0. The van der Waals surface area contributed by atoms with Gasteiger partial charge in [0.15, 0.2) is 5.82 Å². The van der Waals surface area contributed by atoms with Crippen LogP contribution in [0.25, 0.3) is 11.4 Å². The van der Waals surface area contributed by atoms with E-state index in [9.17, 15) is 14.5 Å². The summed E-state index contributed by atoms with van der Waals surface area (Å²) in [4.78, 5) is 10.6. The second-order valence-corrected chi connectivity index (χ2v) is 5.04. The molecular formula is C14H9ClFN5O2. The van der Waals surface area contributed by atoms with Crippen molar-refractivity contribution in [3.8, 4) is 11.4 Å². The minimum Gasteiger partial charge on any atom is -0.258 e. The first-order valence-electron chi connectivity index (χ1n) is 6.51. The lowest BCUT2D eigenvalue weighted by Gasteiger charge is -2.08. The largest absolute Gasteiger partial charge is 0.280 e. The van der Waals surface area contributed by atoms with E-state index in [0.717, 1.165) is 0 Å². The minimum atomic E-state index is -0.523. The fraction of sp³-hybridized carbons (Fsp3) is 0.0714. The Morgan fingerprint density at radius 2 is 2.00 bits per heavy atom. The SMILES string of the molecule is O=[N+]([O-])c1ccccc1-c1nnnn1Cc1c(F)cccc1Cl. The zero-order valence-electron chi connectivity index (χ0n) is 11.6. The van der Waals surface area contributed by atoms with Crippen LogP contribution >= 0.6 is 11.6 Å². The Kier molecular flexibility index (Phi) is 3.98. The molecule has 9 heteroatoms. The van der Waals surface area contributed by atoms with E-state index in [-0.39, 0.29) is 34.2 Å². The van der Waals surface area contributed by atoms with Gasteiger partial charge in [-0.25, -0.2) is 9.07 Å². The van der Waals surface area contributed by atoms with Crippen LogP contribution in [-0.2, 0) is 6.54 Å². The molecule has 0 amide bonds. The second-order valence-electron chi connectivity index (χ2n) is 4.63. The van der Waals surface area contributed by atoms with Crippen LogP contribution in [0.1, 0.15) is 5.56 Å². The predicted molar refractivity (Wildman–Crippen MR) is 80.4 cm³/mol. The highest BCUT2D eigenvalue weighted by molar-refractivity contribution is 6.31. The van der Waals surface area contributed by atoms with Crippen LogP contribution in [0.3, 0.4) is 0 Å². The molecule has 0 atom stereocenters. The molecule has 0 unspecified atom stereocenters. The van der Waals surface area contributed by atoms with E-state index in [1.165, 1.54) is 28.9 Å².